The summed E-state index contributed by atoms with van der Waals surface area (Å²) in [5.41, 5.74) is 3.37. The second-order valence-electron chi connectivity index (χ2n) is 6.51. The Labute approximate surface area is 132 Å². The minimum absolute atomic E-state index is 0.114. The number of hydrazine groups is 1. The average molecular weight is 311 g/mol. The summed E-state index contributed by atoms with van der Waals surface area (Å²) in [7, 11) is 4.77. The maximum atomic E-state index is 12.6. The Kier molecular flexibility index (Phi) is 7.00. The summed E-state index contributed by atoms with van der Waals surface area (Å²) >= 11 is 0. The number of hydrogen-bond acceptors (Lipinski definition) is 3. The van der Waals surface area contributed by atoms with Gasteiger partial charge < -0.3 is 0 Å². The highest BCUT2D eigenvalue weighted by Gasteiger charge is 2.29. The molecule has 0 heterocycles. The summed E-state index contributed by atoms with van der Waals surface area (Å²) in [4.78, 5) is 0.844. The van der Waals surface area contributed by atoms with Crippen LogP contribution >= 0.6 is 0 Å². The summed E-state index contributed by atoms with van der Waals surface area (Å²) in [6.45, 7) is 7.32. The van der Waals surface area contributed by atoms with Gasteiger partial charge in [0.2, 0.25) is 0 Å². The fourth-order valence-electron chi connectivity index (χ4n) is 2.85. The monoisotopic (exact) mass is 311 g/mol. The predicted octanol–water partition coefficient (Wildman–Crippen LogP) is 2.51. The molecule has 0 radical (unpaired) electrons. The van der Waals surface area contributed by atoms with Crippen LogP contribution in [0.25, 0.3) is 0 Å². The molecule has 0 amide bonds. The molecule has 1 rings (SSSR count). The molecule has 5 heteroatoms. The Morgan fingerprint density at radius 2 is 1.76 bits per heavy atom. The predicted molar refractivity (Wildman–Crippen MR) is 90.2 cm³/mol. The molecule has 0 bridgehead atoms. The third-order valence-corrected chi connectivity index (χ3v) is 4.52. The highest BCUT2D eigenvalue weighted by atomic mass is 32.2. The lowest BCUT2D eigenvalue weighted by Crippen LogP contribution is -2.56. The minimum atomic E-state index is -1.13. The summed E-state index contributed by atoms with van der Waals surface area (Å²) in [6.07, 6.45) is 1.02. The van der Waals surface area contributed by atoms with Gasteiger partial charge in [0.05, 0.1) is 4.90 Å². The van der Waals surface area contributed by atoms with Crippen molar-refractivity contribution in [1.29, 1.82) is 0 Å². The van der Waals surface area contributed by atoms with Crippen molar-refractivity contribution in [3.05, 3.63) is 30.3 Å². The Bertz CT molecular complexity index is 438. The molecule has 21 heavy (non-hydrogen) atoms. The third-order valence-electron chi connectivity index (χ3n) is 3.15. The Morgan fingerprint density at radius 3 is 2.24 bits per heavy atom. The van der Waals surface area contributed by atoms with Crippen molar-refractivity contribution < 1.29 is 4.21 Å². The second-order valence-corrected chi connectivity index (χ2v) is 8.11. The van der Waals surface area contributed by atoms with Crippen LogP contribution in [0.1, 0.15) is 27.2 Å². The van der Waals surface area contributed by atoms with Gasteiger partial charge in [-0.15, -0.1) is 0 Å². The Hall–Kier alpha value is -0.750. The van der Waals surface area contributed by atoms with Gasteiger partial charge in [0, 0.05) is 33.2 Å². The van der Waals surface area contributed by atoms with E-state index in [0.717, 1.165) is 11.3 Å². The van der Waals surface area contributed by atoms with Gasteiger partial charge in [-0.3, -0.25) is 5.01 Å². The molecule has 0 fully saturated rings. The number of rotatable bonds is 8. The highest BCUT2D eigenvalue weighted by Crippen LogP contribution is 2.20. The Balaban J connectivity index is 2.80. The SMILES string of the molecule is CC(C)CC(C)(CN(C)S(=O)c1ccccc1)NN(C)C. The van der Waals surface area contributed by atoms with E-state index in [-0.39, 0.29) is 5.54 Å². The van der Waals surface area contributed by atoms with Crippen molar-refractivity contribution in [3.63, 3.8) is 0 Å². The lowest BCUT2D eigenvalue weighted by atomic mass is 9.91. The third kappa shape index (κ3) is 6.26. The van der Waals surface area contributed by atoms with Crippen LogP contribution in [0.2, 0.25) is 0 Å². The number of hydrogen-bond donors (Lipinski definition) is 1. The van der Waals surface area contributed by atoms with Crippen LogP contribution in [0, 0.1) is 5.92 Å². The molecule has 0 saturated carbocycles. The number of nitrogens with zero attached hydrogens (tertiary/aromatic N) is 2. The molecule has 0 aliphatic carbocycles. The fourth-order valence-corrected chi connectivity index (χ4v) is 4.01. The van der Waals surface area contributed by atoms with E-state index in [4.69, 9.17) is 0 Å². The molecule has 4 nitrogen and oxygen atoms in total. The van der Waals surface area contributed by atoms with Gasteiger partial charge in [0.15, 0.2) is 0 Å². The fraction of sp³-hybridized carbons (Fsp3) is 0.625. The van der Waals surface area contributed by atoms with Crippen molar-refractivity contribution in [3.8, 4) is 0 Å². The van der Waals surface area contributed by atoms with Crippen LogP contribution in [0.5, 0.6) is 0 Å². The molecule has 2 unspecified atom stereocenters. The number of likely N-dealkylation sites (N-methyl/N-ethyl adjacent to an activating group) is 1. The van der Waals surface area contributed by atoms with Crippen LogP contribution in [0.15, 0.2) is 35.2 Å². The van der Waals surface area contributed by atoms with Gasteiger partial charge >= 0.3 is 0 Å². The molecule has 1 N–H and O–H groups in total. The van der Waals surface area contributed by atoms with Gasteiger partial charge in [0.1, 0.15) is 11.0 Å². The molecule has 1 aromatic carbocycles. The van der Waals surface area contributed by atoms with Gasteiger partial charge in [-0.05, 0) is 31.4 Å². The summed E-state index contributed by atoms with van der Waals surface area (Å²) < 4.78 is 14.5. The molecule has 0 aromatic heterocycles. The first kappa shape index (κ1) is 18.3. The van der Waals surface area contributed by atoms with E-state index in [1.165, 1.54) is 0 Å². The number of benzene rings is 1. The zero-order chi connectivity index (χ0) is 16.0. The highest BCUT2D eigenvalue weighted by molar-refractivity contribution is 7.82. The van der Waals surface area contributed by atoms with Crippen molar-refractivity contribution in [2.24, 2.45) is 5.92 Å². The first-order valence-corrected chi connectivity index (χ1v) is 8.47. The number of nitrogens with one attached hydrogen (secondary N) is 1. The minimum Gasteiger partial charge on any atom is -0.250 e. The molecule has 120 valence electrons. The maximum absolute atomic E-state index is 12.6. The van der Waals surface area contributed by atoms with Gasteiger partial charge in [-0.25, -0.2) is 13.9 Å². The van der Waals surface area contributed by atoms with Gasteiger partial charge in [-0.1, -0.05) is 32.0 Å². The standard InChI is InChI=1S/C16H29N3OS/c1-14(2)12-16(3,17-18(4)5)13-19(6)21(20)15-10-8-7-9-11-15/h7-11,14,17H,12-13H2,1-6H3. The lowest BCUT2D eigenvalue weighted by molar-refractivity contribution is 0.133. The second kappa shape index (κ2) is 8.03. The molecule has 0 aliphatic heterocycles. The molecule has 0 spiro atoms. The average Bonchev–Trinajstić information content (AvgIpc) is 2.36. The van der Waals surface area contributed by atoms with Crippen molar-refractivity contribution in [2.75, 3.05) is 27.7 Å². The van der Waals surface area contributed by atoms with E-state index in [9.17, 15) is 4.21 Å². The zero-order valence-corrected chi connectivity index (χ0v) is 14.9. The molecule has 1 aromatic rings. The van der Waals surface area contributed by atoms with Crippen LogP contribution in [-0.2, 0) is 11.0 Å². The van der Waals surface area contributed by atoms with Gasteiger partial charge in [0.25, 0.3) is 0 Å². The van der Waals surface area contributed by atoms with E-state index in [1.807, 2.05) is 60.8 Å². The summed E-state index contributed by atoms with van der Waals surface area (Å²) in [6, 6.07) is 9.60. The quantitative estimate of drug-likeness (QED) is 0.749. The van der Waals surface area contributed by atoms with E-state index >= 15 is 0 Å². The Morgan fingerprint density at radius 1 is 1.19 bits per heavy atom. The zero-order valence-electron chi connectivity index (χ0n) is 14.1. The smallest absolute Gasteiger partial charge is 0.127 e. The van der Waals surface area contributed by atoms with E-state index in [2.05, 4.69) is 26.2 Å². The first-order valence-electron chi connectivity index (χ1n) is 7.37. The van der Waals surface area contributed by atoms with E-state index in [0.29, 0.717) is 12.5 Å². The molecule has 0 saturated heterocycles. The topological polar surface area (TPSA) is 35.6 Å². The van der Waals surface area contributed by atoms with Crippen molar-refractivity contribution in [1.82, 2.24) is 14.7 Å². The van der Waals surface area contributed by atoms with E-state index < -0.39 is 11.0 Å². The van der Waals surface area contributed by atoms with Crippen molar-refractivity contribution >= 4 is 11.0 Å². The molecule has 0 aliphatic rings. The molecular formula is C16H29N3OS. The summed E-state index contributed by atoms with van der Waals surface area (Å²) in [5, 5.41) is 1.97. The van der Waals surface area contributed by atoms with Crippen LogP contribution in [0.3, 0.4) is 0 Å². The molecule has 2 atom stereocenters. The van der Waals surface area contributed by atoms with Crippen LogP contribution in [-0.4, -0.2) is 46.7 Å². The van der Waals surface area contributed by atoms with E-state index in [1.54, 1.807) is 0 Å². The largest absolute Gasteiger partial charge is 0.250 e. The van der Waals surface area contributed by atoms with Gasteiger partial charge in [-0.2, -0.15) is 0 Å². The first-order chi connectivity index (χ1) is 9.73. The van der Waals surface area contributed by atoms with Crippen LogP contribution in [0.4, 0.5) is 0 Å². The van der Waals surface area contributed by atoms with Crippen LogP contribution < -0.4 is 5.43 Å². The normalized spacial score (nSPS) is 16.4. The molecular weight excluding hydrogens is 282 g/mol. The lowest BCUT2D eigenvalue weighted by Gasteiger charge is -2.38. The van der Waals surface area contributed by atoms with Crippen molar-refractivity contribution in [2.45, 2.75) is 37.6 Å². The maximum Gasteiger partial charge on any atom is 0.127 e. The summed E-state index contributed by atoms with van der Waals surface area (Å²) in [5.74, 6) is 0.570.